The van der Waals surface area contributed by atoms with Crippen molar-refractivity contribution in [3.05, 3.63) is 28.8 Å². The van der Waals surface area contributed by atoms with E-state index < -0.39 is 0 Å². The Morgan fingerprint density at radius 1 is 1.17 bits per heavy atom. The molecule has 18 heavy (non-hydrogen) atoms. The molecule has 0 spiro atoms. The molecule has 1 aromatic carbocycles. The van der Waals surface area contributed by atoms with Crippen LogP contribution >= 0.6 is 11.3 Å². The molecule has 0 bridgehead atoms. The molecule has 0 aliphatic rings. The topological polar surface area (TPSA) is 54.9 Å². The number of benzene rings is 1. The lowest BCUT2D eigenvalue weighted by atomic mass is 10.0. The molecule has 0 fully saturated rings. The van der Waals surface area contributed by atoms with Crippen molar-refractivity contribution in [3.8, 4) is 10.6 Å². The SMILES string of the molecule is CC(=O)Nc1nnc(-c2c(C)cc(C)cc2C)s1. The summed E-state index contributed by atoms with van der Waals surface area (Å²) in [6.07, 6.45) is 0. The van der Waals surface area contributed by atoms with E-state index in [4.69, 9.17) is 0 Å². The van der Waals surface area contributed by atoms with Crippen LogP contribution in [0, 0.1) is 20.8 Å². The maximum atomic E-state index is 11.0. The van der Waals surface area contributed by atoms with Gasteiger partial charge in [-0.15, -0.1) is 10.2 Å². The molecule has 0 atom stereocenters. The van der Waals surface area contributed by atoms with E-state index in [0.717, 1.165) is 10.6 Å². The fourth-order valence-electron chi connectivity index (χ4n) is 2.04. The predicted octanol–water partition coefficient (Wildman–Crippen LogP) is 3.09. The van der Waals surface area contributed by atoms with Crippen LogP contribution in [0.5, 0.6) is 0 Å². The summed E-state index contributed by atoms with van der Waals surface area (Å²) in [4.78, 5) is 11.0. The van der Waals surface area contributed by atoms with Crippen LogP contribution in [0.15, 0.2) is 12.1 Å². The van der Waals surface area contributed by atoms with Crippen LogP contribution in [-0.4, -0.2) is 16.1 Å². The van der Waals surface area contributed by atoms with Gasteiger partial charge in [0.15, 0.2) is 0 Å². The molecule has 0 radical (unpaired) electrons. The fourth-order valence-corrected chi connectivity index (χ4v) is 3.01. The second-order valence-corrected chi connectivity index (χ2v) is 5.34. The molecule has 1 aromatic heterocycles. The van der Waals surface area contributed by atoms with Crippen LogP contribution in [0.1, 0.15) is 23.6 Å². The third-order valence-electron chi connectivity index (χ3n) is 2.60. The van der Waals surface area contributed by atoms with Crippen LogP contribution in [0.25, 0.3) is 10.6 Å². The highest BCUT2D eigenvalue weighted by molar-refractivity contribution is 7.18. The molecule has 1 N–H and O–H groups in total. The van der Waals surface area contributed by atoms with Crippen LogP contribution in [0.3, 0.4) is 0 Å². The second kappa shape index (κ2) is 4.86. The summed E-state index contributed by atoms with van der Waals surface area (Å²) >= 11 is 1.39. The predicted molar refractivity (Wildman–Crippen MR) is 73.9 cm³/mol. The average molecular weight is 261 g/mol. The first kappa shape index (κ1) is 12.7. The van der Waals surface area contributed by atoms with Crippen molar-refractivity contribution in [2.24, 2.45) is 0 Å². The molecule has 1 heterocycles. The summed E-state index contributed by atoms with van der Waals surface area (Å²) in [5, 5.41) is 12.1. The smallest absolute Gasteiger partial charge is 0.223 e. The Morgan fingerprint density at radius 2 is 1.78 bits per heavy atom. The largest absolute Gasteiger partial charge is 0.301 e. The number of nitrogens with one attached hydrogen (secondary N) is 1. The molecule has 1 amide bonds. The van der Waals surface area contributed by atoms with E-state index >= 15 is 0 Å². The molecular weight excluding hydrogens is 246 g/mol. The van der Waals surface area contributed by atoms with Gasteiger partial charge in [0.2, 0.25) is 11.0 Å². The standard InChI is InChI=1S/C13H15N3OS/c1-7-5-8(2)11(9(3)6-7)12-15-16-13(18-12)14-10(4)17/h5-6H,1-4H3,(H,14,16,17). The van der Waals surface area contributed by atoms with Gasteiger partial charge in [0.05, 0.1) is 0 Å². The Morgan fingerprint density at radius 3 is 2.33 bits per heavy atom. The molecule has 2 aromatic rings. The Bertz CT molecular complexity index is 581. The average Bonchev–Trinajstić information content (AvgIpc) is 2.63. The van der Waals surface area contributed by atoms with Gasteiger partial charge in [-0.2, -0.15) is 0 Å². The molecule has 0 unspecified atom stereocenters. The van der Waals surface area contributed by atoms with E-state index in [1.54, 1.807) is 0 Å². The summed E-state index contributed by atoms with van der Waals surface area (Å²) in [6, 6.07) is 4.25. The van der Waals surface area contributed by atoms with Crippen molar-refractivity contribution in [3.63, 3.8) is 0 Å². The van der Waals surface area contributed by atoms with Crippen molar-refractivity contribution >= 4 is 22.4 Å². The van der Waals surface area contributed by atoms with Crippen LogP contribution < -0.4 is 5.32 Å². The number of aryl methyl sites for hydroxylation is 3. The number of carbonyl (C=O) groups excluding carboxylic acids is 1. The zero-order valence-electron chi connectivity index (χ0n) is 10.9. The molecular formula is C13H15N3OS. The number of aromatic nitrogens is 2. The molecule has 2 rings (SSSR count). The van der Waals surface area contributed by atoms with E-state index in [1.165, 1.54) is 35.0 Å². The van der Waals surface area contributed by atoms with E-state index in [9.17, 15) is 4.79 Å². The van der Waals surface area contributed by atoms with Crippen molar-refractivity contribution in [1.82, 2.24) is 10.2 Å². The number of rotatable bonds is 2. The second-order valence-electron chi connectivity index (χ2n) is 4.37. The molecule has 0 aliphatic heterocycles. The highest BCUT2D eigenvalue weighted by atomic mass is 32.1. The zero-order valence-corrected chi connectivity index (χ0v) is 11.7. The highest BCUT2D eigenvalue weighted by Gasteiger charge is 2.12. The summed E-state index contributed by atoms with van der Waals surface area (Å²) in [6.45, 7) is 7.67. The van der Waals surface area contributed by atoms with Gasteiger partial charge in [-0.1, -0.05) is 29.0 Å². The molecule has 0 saturated heterocycles. The maximum Gasteiger partial charge on any atom is 0.223 e. The minimum atomic E-state index is -0.130. The van der Waals surface area contributed by atoms with Gasteiger partial charge in [0.25, 0.3) is 0 Å². The Kier molecular flexibility index (Phi) is 3.43. The van der Waals surface area contributed by atoms with Crippen molar-refractivity contribution in [2.75, 3.05) is 5.32 Å². The first-order valence-electron chi connectivity index (χ1n) is 5.66. The first-order valence-corrected chi connectivity index (χ1v) is 6.48. The molecule has 5 heteroatoms. The third kappa shape index (κ3) is 2.56. The summed E-state index contributed by atoms with van der Waals surface area (Å²) in [5.74, 6) is -0.130. The van der Waals surface area contributed by atoms with E-state index in [-0.39, 0.29) is 5.91 Å². The number of amides is 1. The van der Waals surface area contributed by atoms with E-state index in [0.29, 0.717) is 5.13 Å². The van der Waals surface area contributed by atoms with Gasteiger partial charge in [0.1, 0.15) is 5.01 Å². The van der Waals surface area contributed by atoms with Gasteiger partial charge < -0.3 is 5.32 Å². The van der Waals surface area contributed by atoms with Crippen molar-refractivity contribution in [2.45, 2.75) is 27.7 Å². The lowest BCUT2D eigenvalue weighted by Gasteiger charge is -2.07. The number of nitrogens with zero attached hydrogens (tertiary/aromatic N) is 2. The Labute approximate surface area is 110 Å². The van der Waals surface area contributed by atoms with Crippen LogP contribution in [-0.2, 0) is 4.79 Å². The minimum absolute atomic E-state index is 0.130. The molecule has 4 nitrogen and oxygen atoms in total. The number of anilines is 1. The summed E-state index contributed by atoms with van der Waals surface area (Å²) in [5.41, 5.74) is 4.70. The molecule has 0 saturated carbocycles. The summed E-state index contributed by atoms with van der Waals surface area (Å²) < 4.78 is 0. The zero-order chi connectivity index (χ0) is 13.3. The van der Waals surface area contributed by atoms with E-state index in [2.05, 4.69) is 48.4 Å². The van der Waals surface area contributed by atoms with Crippen molar-refractivity contribution < 1.29 is 4.79 Å². The number of hydrogen-bond donors (Lipinski definition) is 1. The van der Waals surface area contributed by atoms with Gasteiger partial charge in [-0.25, -0.2) is 0 Å². The lowest BCUT2D eigenvalue weighted by Crippen LogP contribution is -2.04. The molecule has 94 valence electrons. The lowest BCUT2D eigenvalue weighted by molar-refractivity contribution is -0.114. The Hall–Kier alpha value is -1.75. The van der Waals surface area contributed by atoms with Gasteiger partial charge >= 0.3 is 0 Å². The van der Waals surface area contributed by atoms with Crippen LogP contribution in [0.4, 0.5) is 5.13 Å². The monoisotopic (exact) mass is 261 g/mol. The minimum Gasteiger partial charge on any atom is -0.301 e. The summed E-state index contributed by atoms with van der Waals surface area (Å²) in [7, 11) is 0. The van der Waals surface area contributed by atoms with Gasteiger partial charge in [0, 0.05) is 12.5 Å². The Balaban J connectivity index is 2.43. The quantitative estimate of drug-likeness (QED) is 0.903. The third-order valence-corrected chi connectivity index (χ3v) is 3.46. The van der Waals surface area contributed by atoms with E-state index in [1.807, 2.05) is 0 Å². The number of hydrogen-bond acceptors (Lipinski definition) is 4. The van der Waals surface area contributed by atoms with Crippen LogP contribution in [0.2, 0.25) is 0 Å². The highest BCUT2D eigenvalue weighted by Crippen LogP contribution is 2.32. The maximum absolute atomic E-state index is 11.0. The molecule has 0 aliphatic carbocycles. The van der Waals surface area contributed by atoms with Gasteiger partial charge in [-0.3, -0.25) is 4.79 Å². The van der Waals surface area contributed by atoms with Gasteiger partial charge in [-0.05, 0) is 31.9 Å². The normalized spacial score (nSPS) is 10.4. The fraction of sp³-hybridized carbons (Fsp3) is 0.308. The first-order chi connectivity index (χ1) is 8.47. The number of carbonyl (C=O) groups is 1. The van der Waals surface area contributed by atoms with Crippen molar-refractivity contribution in [1.29, 1.82) is 0 Å².